The molecule has 1 aliphatic rings. The van der Waals surface area contributed by atoms with Crippen LogP contribution in [0.1, 0.15) is 27.7 Å². The minimum Gasteiger partial charge on any atom is -0.507 e. The van der Waals surface area contributed by atoms with E-state index >= 15 is 0 Å². The van der Waals surface area contributed by atoms with Crippen molar-refractivity contribution >= 4 is 33.9 Å². The summed E-state index contributed by atoms with van der Waals surface area (Å²) < 4.78 is 13.3. The minimum atomic E-state index is -0.828. The SMILES string of the molecule is Cc1nc(N2C(=O)C(=O)C(=C(O)c3ccc(F)cc3)C2c2ccccc2)sc1C. The van der Waals surface area contributed by atoms with Gasteiger partial charge < -0.3 is 5.11 Å². The Bertz CT molecular complexity index is 1120. The minimum absolute atomic E-state index is 0.0432. The summed E-state index contributed by atoms with van der Waals surface area (Å²) in [5.41, 5.74) is 1.66. The van der Waals surface area contributed by atoms with Crippen molar-refractivity contribution in [2.75, 3.05) is 4.90 Å². The van der Waals surface area contributed by atoms with Crippen LogP contribution in [0.2, 0.25) is 0 Å². The number of thiazole rings is 1. The first-order valence-corrected chi connectivity index (χ1v) is 9.76. The fourth-order valence-corrected chi connectivity index (χ4v) is 4.24. The lowest BCUT2D eigenvalue weighted by Crippen LogP contribution is -2.29. The number of hydrogen-bond donors (Lipinski definition) is 1. The van der Waals surface area contributed by atoms with Crippen LogP contribution in [0, 0.1) is 19.7 Å². The molecule has 3 aromatic rings. The molecule has 1 aliphatic heterocycles. The Hall–Kier alpha value is -3.32. The lowest BCUT2D eigenvalue weighted by Gasteiger charge is -2.23. The second-order valence-electron chi connectivity index (χ2n) is 6.72. The number of benzene rings is 2. The number of carbonyl (C=O) groups excluding carboxylic acids is 2. The Kier molecular flexibility index (Phi) is 4.76. The van der Waals surface area contributed by atoms with Crippen molar-refractivity contribution in [1.82, 2.24) is 4.98 Å². The summed E-state index contributed by atoms with van der Waals surface area (Å²) in [4.78, 5) is 32.6. The Morgan fingerprint density at radius 1 is 1.07 bits per heavy atom. The number of aromatic nitrogens is 1. The van der Waals surface area contributed by atoms with E-state index < -0.39 is 23.5 Å². The molecule has 1 saturated heterocycles. The van der Waals surface area contributed by atoms with E-state index in [1.165, 1.54) is 40.5 Å². The number of amides is 1. The standard InChI is InChI=1S/C22H17FN2O3S/c1-12-13(2)29-22(24-12)25-18(14-6-4-3-5-7-14)17(20(27)21(25)28)19(26)15-8-10-16(23)11-9-15/h3-11,18,26H,1-2H3. The van der Waals surface area contributed by atoms with E-state index in [1.807, 2.05) is 19.9 Å². The molecule has 1 unspecified atom stereocenters. The van der Waals surface area contributed by atoms with Gasteiger partial charge >= 0.3 is 5.91 Å². The maximum atomic E-state index is 13.3. The smallest absolute Gasteiger partial charge is 0.301 e. The van der Waals surface area contributed by atoms with E-state index in [4.69, 9.17) is 0 Å². The van der Waals surface area contributed by atoms with Gasteiger partial charge in [0.15, 0.2) is 5.13 Å². The Morgan fingerprint density at radius 2 is 1.72 bits per heavy atom. The number of aliphatic hydroxyl groups excluding tert-OH is 1. The molecule has 0 spiro atoms. The highest BCUT2D eigenvalue weighted by molar-refractivity contribution is 7.16. The number of aryl methyl sites for hydroxylation is 2. The van der Waals surface area contributed by atoms with Crippen molar-refractivity contribution in [3.63, 3.8) is 0 Å². The first-order chi connectivity index (χ1) is 13.9. The second-order valence-corrected chi connectivity index (χ2v) is 7.91. The van der Waals surface area contributed by atoms with Gasteiger partial charge in [-0.25, -0.2) is 9.37 Å². The van der Waals surface area contributed by atoms with Crippen LogP contribution < -0.4 is 4.90 Å². The van der Waals surface area contributed by atoms with Gasteiger partial charge in [0.25, 0.3) is 5.78 Å². The molecule has 146 valence electrons. The van der Waals surface area contributed by atoms with Crippen LogP contribution in [-0.2, 0) is 9.59 Å². The zero-order valence-electron chi connectivity index (χ0n) is 15.7. The van der Waals surface area contributed by atoms with Gasteiger partial charge in [0, 0.05) is 10.4 Å². The molecule has 0 bridgehead atoms. The quantitative estimate of drug-likeness (QED) is 0.393. The largest absolute Gasteiger partial charge is 0.507 e. The molecule has 4 rings (SSSR count). The molecule has 1 N–H and O–H groups in total. The molecule has 5 nitrogen and oxygen atoms in total. The summed E-state index contributed by atoms with van der Waals surface area (Å²) >= 11 is 1.32. The number of Topliss-reactive ketones (excluding diaryl/α,β-unsaturated/α-hetero) is 1. The maximum absolute atomic E-state index is 13.3. The highest BCUT2D eigenvalue weighted by Gasteiger charge is 2.48. The van der Waals surface area contributed by atoms with Gasteiger partial charge in [0.2, 0.25) is 0 Å². The van der Waals surface area contributed by atoms with Crippen LogP contribution in [0.25, 0.3) is 5.76 Å². The van der Waals surface area contributed by atoms with Crippen LogP contribution in [0.5, 0.6) is 0 Å². The van der Waals surface area contributed by atoms with Crippen molar-refractivity contribution in [3.8, 4) is 0 Å². The topological polar surface area (TPSA) is 70.5 Å². The first kappa shape index (κ1) is 19.0. The van der Waals surface area contributed by atoms with Crippen LogP contribution in [0.4, 0.5) is 9.52 Å². The normalized spacial score (nSPS) is 18.4. The zero-order valence-corrected chi connectivity index (χ0v) is 16.5. The van der Waals surface area contributed by atoms with Crippen molar-refractivity contribution in [2.24, 2.45) is 0 Å². The van der Waals surface area contributed by atoms with E-state index in [1.54, 1.807) is 24.3 Å². The monoisotopic (exact) mass is 408 g/mol. The summed E-state index contributed by atoms with van der Waals surface area (Å²) in [7, 11) is 0. The summed E-state index contributed by atoms with van der Waals surface area (Å²) in [6.45, 7) is 3.73. The summed E-state index contributed by atoms with van der Waals surface area (Å²) in [6, 6.07) is 13.3. The Balaban J connectivity index is 1.94. The summed E-state index contributed by atoms with van der Waals surface area (Å²) in [6.07, 6.45) is 0. The van der Waals surface area contributed by atoms with E-state index in [0.29, 0.717) is 10.7 Å². The van der Waals surface area contributed by atoms with Crippen molar-refractivity contribution in [1.29, 1.82) is 0 Å². The average molecular weight is 408 g/mol. The molecule has 0 aliphatic carbocycles. The van der Waals surface area contributed by atoms with E-state index in [-0.39, 0.29) is 16.9 Å². The summed E-state index contributed by atoms with van der Waals surface area (Å²) in [5, 5.41) is 11.3. The molecule has 1 amide bonds. The number of aliphatic hydroxyl groups is 1. The van der Waals surface area contributed by atoms with E-state index in [2.05, 4.69) is 4.98 Å². The highest BCUT2D eigenvalue weighted by Crippen LogP contribution is 2.43. The van der Waals surface area contributed by atoms with Gasteiger partial charge in [-0.15, -0.1) is 11.3 Å². The predicted molar refractivity (Wildman–Crippen MR) is 109 cm³/mol. The van der Waals surface area contributed by atoms with Gasteiger partial charge in [-0.2, -0.15) is 0 Å². The van der Waals surface area contributed by atoms with Gasteiger partial charge in [-0.05, 0) is 43.7 Å². The molecule has 1 fully saturated rings. The van der Waals surface area contributed by atoms with Gasteiger partial charge in [0.05, 0.1) is 17.3 Å². The molecule has 7 heteroatoms. The third-order valence-corrected chi connectivity index (χ3v) is 5.97. The van der Waals surface area contributed by atoms with Gasteiger partial charge in [-0.1, -0.05) is 30.3 Å². The Morgan fingerprint density at radius 3 is 2.31 bits per heavy atom. The maximum Gasteiger partial charge on any atom is 0.301 e. The number of rotatable bonds is 3. The lowest BCUT2D eigenvalue weighted by atomic mass is 9.95. The van der Waals surface area contributed by atoms with Gasteiger partial charge in [0.1, 0.15) is 11.6 Å². The number of anilines is 1. The fourth-order valence-electron chi connectivity index (χ4n) is 3.30. The number of ketones is 1. The van der Waals surface area contributed by atoms with Crippen molar-refractivity contribution in [3.05, 3.63) is 87.7 Å². The third kappa shape index (κ3) is 3.23. The average Bonchev–Trinajstić information content (AvgIpc) is 3.18. The third-order valence-electron chi connectivity index (χ3n) is 4.90. The first-order valence-electron chi connectivity index (χ1n) is 8.94. The molecular weight excluding hydrogens is 391 g/mol. The molecular formula is C22H17FN2O3S. The number of hydrogen-bond acceptors (Lipinski definition) is 5. The van der Waals surface area contributed by atoms with Crippen LogP contribution in [-0.4, -0.2) is 21.8 Å². The molecule has 2 aromatic carbocycles. The molecule has 2 heterocycles. The zero-order chi connectivity index (χ0) is 20.7. The molecule has 1 atom stereocenters. The summed E-state index contributed by atoms with van der Waals surface area (Å²) in [5.74, 6) is -2.36. The van der Waals surface area contributed by atoms with Crippen LogP contribution >= 0.6 is 11.3 Å². The molecule has 0 saturated carbocycles. The van der Waals surface area contributed by atoms with Crippen LogP contribution in [0.3, 0.4) is 0 Å². The number of halogens is 1. The van der Waals surface area contributed by atoms with Gasteiger partial charge in [-0.3, -0.25) is 14.5 Å². The fraction of sp³-hybridized carbons (Fsp3) is 0.136. The second kappa shape index (κ2) is 7.25. The molecule has 0 radical (unpaired) electrons. The van der Waals surface area contributed by atoms with Crippen molar-refractivity contribution in [2.45, 2.75) is 19.9 Å². The predicted octanol–water partition coefficient (Wildman–Crippen LogP) is 4.53. The van der Waals surface area contributed by atoms with Crippen molar-refractivity contribution < 1.29 is 19.1 Å². The van der Waals surface area contributed by atoms with E-state index in [9.17, 15) is 19.1 Å². The van der Waals surface area contributed by atoms with Crippen LogP contribution in [0.15, 0.2) is 60.2 Å². The number of carbonyl (C=O) groups is 2. The lowest BCUT2D eigenvalue weighted by molar-refractivity contribution is -0.132. The molecule has 1 aromatic heterocycles. The highest BCUT2D eigenvalue weighted by atomic mass is 32.1. The number of nitrogens with zero attached hydrogens (tertiary/aromatic N) is 2. The molecule has 29 heavy (non-hydrogen) atoms. The van der Waals surface area contributed by atoms with E-state index in [0.717, 1.165) is 10.6 Å². The Labute approximate surface area is 170 Å².